The van der Waals surface area contributed by atoms with Crippen LogP contribution in [0, 0.1) is 0 Å². The highest BCUT2D eigenvalue weighted by atomic mass is 16.5. The van der Waals surface area contributed by atoms with E-state index in [1.165, 1.54) is 0 Å². The van der Waals surface area contributed by atoms with Crippen molar-refractivity contribution in [2.45, 2.75) is 6.04 Å². The number of hydrogen-bond donors (Lipinski definition) is 0. The molecule has 1 aromatic heterocycles. The second kappa shape index (κ2) is 5.43. The highest BCUT2D eigenvalue weighted by molar-refractivity contribution is 5.95. The Balaban J connectivity index is 1.69. The topological polar surface area (TPSA) is 69.5 Å². The second-order valence-electron chi connectivity index (χ2n) is 4.82. The van der Waals surface area contributed by atoms with Crippen molar-refractivity contribution in [3.8, 4) is 11.5 Å². The van der Waals surface area contributed by atoms with Crippen molar-refractivity contribution in [3.05, 3.63) is 36.2 Å². The fourth-order valence-corrected chi connectivity index (χ4v) is 2.35. The average molecular weight is 288 g/mol. The number of carbonyl (C=O) groups excluding carboxylic acids is 1. The van der Waals surface area contributed by atoms with Gasteiger partial charge in [-0.25, -0.2) is 4.68 Å². The standard InChI is InChI=1S/C14H16N4O3/c1-20-12-4-3-10(7-13(12)21-2)14(19)17-8-11(9-17)18-6-5-15-16-18/h3-7,11H,8-9H2,1-2H3. The molecule has 0 unspecified atom stereocenters. The monoisotopic (exact) mass is 288 g/mol. The zero-order valence-corrected chi connectivity index (χ0v) is 11.9. The van der Waals surface area contributed by atoms with Gasteiger partial charge in [0.25, 0.3) is 5.91 Å². The van der Waals surface area contributed by atoms with E-state index in [-0.39, 0.29) is 11.9 Å². The zero-order valence-electron chi connectivity index (χ0n) is 11.9. The number of aromatic nitrogens is 3. The van der Waals surface area contributed by atoms with Crippen LogP contribution in [0.3, 0.4) is 0 Å². The Hall–Kier alpha value is -2.57. The van der Waals surface area contributed by atoms with E-state index < -0.39 is 0 Å². The predicted molar refractivity (Wildman–Crippen MR) is 74.5 cm³/mol. The molecule has 1 aliphatic heterocycles. The molecule has 0 bridgehead atoms. The van der Waals surface area contributed by atoms with Crippen molar-refractivity contribution in [1.29, 1.82) is 0 Å². The maximum absolute atomic E-state index is 12.4. The van der Waals surface area contributed by atoms with E-state index in [1.54, 1.807) is 48.2 Å². The van der Waals surface area contributed by atoms with Crippen molar-refractivity contribution >= 4 is 5.91 Å². The quantitative estimate of drug-likeness (QED) is 0.839. The van der Waals surface area contributed by atoms with Gasteiger partial charge in [0.15, 0.2) is 11.5 Å². The third-order valence-corrected chi connectivity index (χ3v) is 3.60. The van der Waals surface area contributed by atoms with Gasteiger partial charge in [0.05, 0.1) is 26.5 Å². The number of ether oxygens (including phenoxy) is 2. The summed E-state index contributed by atoms with van der Waals surface area (Å²) in [6.45, 7) is 1.27. The Labute approximate surface area is 122 Å². The number of rotatable bonds is 4. The normalized spacial score (nSPS) is 14.7. The van der Waals surface area contributed by atoms with Crippen LogP contribution in [0.1, 0.15) is 16.4 Å². The van der Waals surface area contributed by atoms with Gasteiger partial charge in [-0.3, -0.25) is 4.79 Å². The number of carbonyl (C=O) groups is 1. The SMILES string of the molecule is COc1ccc(C(=O)N2CC(n3ccnn3)C2)cc1OC. The minimum Gasteiger partial charge on any atom is -0.493 e. The maximum Gasteiger partial charge on any atom is 0.254 e. The first-order chi connectivity index (χ1) is 10.2. The Morgan fingerprint density at radius 2 is 2.00 bits per heavy atom. The van der Waals surface area contributed by atoms with Gasteiger partial charge in [-0.15, -0.1) is 5.10 Å². The fraction of sp³-hybridized carbons (Fsp3) is 0.357. The predicted octanol–water partition coefficient (Wildman–Crippen LogP) is 0.992. The van der Waals surface area contributed by atoms with Crippen LogP contribution in [-0.4, -0.2) is 53.1 Å². The van der Waals surface area contributed by atoms with E-state index in [1.807, 2.05) is 6.20 Å². The summed E-state index contributed by atoms with van der Waals surface area (Å²) in [4.78, 5) is 14.2. The largest absolute Gasteiger partial charge is 0.493 e. The summed E-state index contributed by atoms with van der Waals surface area (Å²) < 4.78 is 12.2. The Bertz CT molecular complexity index is 636. The summed E-state index contributed by atoms with van der Waals surface area (Å²) >= 11 is 0. The molecule has 0 radical (unpaired) electrons. The molecule has 1 aliphatic rings. The molecule has 0 atom stereocenters. The maximum atomic E-state index is 12.4. The lowest BCUT2D eigenvalue weighted by molar-refractivity contribution is 0.0498. The van der Waals surface area contributed by atoms with Crippen LogP contribution in [0.25, 0.3) is 0 Å². The number of benzene rings is 1. The second-order valence-corrected chi connectivity index (χ2v) is 4.82. The Morgan fingerprint density at radius 1 is 1.24 bits per heavy atom. The van der Waals surface area contributed by atoms with Gasteiger partial charge in [0.1, 0.15) is 0 Å². The van der Waals surface area contributed by atoms with E-state index in [0.717, 1.165) is 0 Å². The molecule has 0 aliphatic carbocycles. The average Bonchev–Trinajstić information content (AvgIpc) is 2.98. The van der Waals surface area contributed by atoms with Gasteiger partial charge in [0, 0.05) is 24.8 Å². The van der Waals surface area contributed by atoms with Crippen LogP contribution in [0.5, 0.6) is 11.5 Å². The van der Waals surface area contributed by atoms with E-state index in [4.69, 9.17) is 9.47 Å². The molecule has 2 heterocycles. The van der Waals surface area contributed by atoms with E-state index >= 15 is 0 Å². The van der Waals surface area contributed by atoms with Gasteiger partial charge in [0.2, 0.25) is 0 Å². The number of hydrogen-bond acceptors (Lipinski definition) is 5. The Morgan fingerprint density at radius 3 is 2.62 bits per heavy atom. The molecule has 0 saturated carbocycles. The zero-order chi connectivity index (χ0) is 14.8. The highest BCUT2D eigenvalue weighted by Crippen LogP contribution is 2.29. The van der Waals surface area contributed by atoms with Gasteiger partial charge in [-0.1, -0.05) is 5.21 Å². The lowest BCUT2D eigenvalue weighted by Crippen LogP contribution is -2.50. The lowest BCUT2D eigenvalue weighted by atomic mass is 10.1. The molecule has 110 valence electrons. The molecule has 7 heteroatoms. The molecule has 7 nitrogen and oxygen atoms in total. The van der Waals surface area contributed by atoms with E-state index in [9.17, 15) is 4.79 Å². The molecule has 21 heavy (non-hydrogen) atoms. The first-order valence-corrected chi connectivity index (χ1v) is 6.60. The minimum atomic E-state index is -0.0210. The van der Waals surface area contributed by atoms with E-state index in [2.05, 4.69) is 10.3 Å². The summed E-state index contributed by atoms with van der Waals surface area (Å²) in [5.41, 5.74) is 0.588. The molecular formula is C14H16N4O3. The van der Waals surface area contributed by atoms with Crippen molar-refractivity contribution in [3.63, 3.8) is 0 Å². The fourth-order valence-electron chi connectivity index (χ4n) is 2.35. The highest BCUT2D eigenvalue weighted by Gasteiger charge is 2.33. The smallest absolute Gasteiger partial charge is 0.254 e. The van der Waals surface area contributed by atoms with Crippen LogP contribution < -0.4 is 9.47 Å². The molecular weight excluding hydrogens is 272 g/mol. The van der Waals surface area contributed by atoms with Crippen LogP contribution in [0.2, 0.25) is 0 Å². The van der Waals surface area contributed by atoms with Crippen molar-refractivity contribution in [2.24, 2.45) is 0 Å². The summed E-state index contributed by atoms with van der Waals surface area (Å²) in [5.74, 6) is 1.14. The van der Waals surface area contributed by atoms with Crippen molar-refractivity contribution in [2.75, 3.05) is 27.3 Å². The number of nitrogens with zero attached hydrogens (tertiary/aromatic N) is 4. The summed E-state index contributed by atoms with van der Waals surface area (Å²) in [5, 5.41) is 7.72. The molecule has 1 saturated heterocycles. The van der Waals surface area contributed by atoms with Crippen LogP contribution >= 0.6 is 0 Å². The Kier molecular flexibility index (Phi) is 3.47. The van der Waals surface area contributed by atoms with Gasteiger partial charge < -0.3 is 14.4 Å². The van der Waals surface area contributed by atoms with Gasteiger partial charge >= 0.3 is 0 Å². The molecule has 0 spiro atoms. The van der Waals surface area contributed by atoms with Crippen LogP contribution in [0.15, 0.2) is 30.6 Å². The van der Waals surface area contributed by atoms with E-state index in [0.29, 0.717) is 30.2 Å². The number of amides is 1. The third kappa shape index (κ3) is 2.42. The van der Waals surface area contributed by atoms with Crippen LogP contribution in [-0.2, 0) is 0 Å². The summed E-state index contributed by atoms with van der Waals surface area (Å²) in [6, 6.07) is 5.38. The summed E-state index contributed by atoms with van der Waals surface area (Å²) in [7, 11) is 3.12. The summed E-state index contributed by atoms with van der Waals surface area (Å²) in [6.07, 6.45) is 3.45. The molecule has 2 aromatic rings. The molecule has 3 rings (SSSR count). The van der Waals surface area contributed by atoms with Crippen LogP contribution in [0.4, 0.5) is 0 Å². The van der Waals surface area contributed by atoms with Gasteiger partial charge in [-0.05, 0) is 18.2 Å². The first kappa shape index (κ1) is 13.4. The van der Waals surface area contributed by atoms with Gasteiger partial charge in [-0.2, -0.15) is 0 Å². The molecule has 1 amide bonds. The molecule has 1 aromatic carbocycles. The molecule has 0 N–H and O–H groups in total. The number of methoxy groups -OCH3 is 2. The third-order valence-electron chi connectivity index (χ3n) is 3.60. The minimum absolute atomic E-state index is 0.0210. The lowest BCUT2D eigenvalue weighted by Gasteiger charge is -2.38. The van der Waals surface area contributed by atoms with Crippen molar-refractivity contribution < 1.29 is 14.3 Å². The van der Waals surface area contributed by atoms with Crippen molar-refractivity contribution in [1.82, 2.24) is 19.9 Å². The first-order valence-electron chi connectivity index (χ1n) is 6.60. The number of likely N-dealkylation sites (tertiary alicyclic amines) is 1. The molecule has 1 fully saturated rings.